The lowest BCUT2D eigenvalue weighted by molar-refractivity contribution is -0.138. The second-order valence-electron chi connectivity index (χ2n) is 4.34. The number of aliphatic carboxylic acids is 1. The van der Waals surface area contributed by atoms with E-state index in [-0.39, 0.29) is 0 Å². The van der Waals surface area contributed by atoms with Gasteiger partial charge in [0, 0.05) is 11.4 Å². The highest BCUT2D eigenvalue weighted by molar-refractivity contribution is 7.15. The van der Waals surface area contributed by atoms with Gasteiger partial charge in [-0.05, 0) is 19.4 Å². The minimum absolute atomic E-state index is 0.339. The Kier molecular flexibility index (Phi) is 4.16. The highest BCUT2D eigenvalue weighted by Crippen LogP contribution is 2.23. The number of aromatic nitrogens is 1. The lowest BCUT2D eigenvalue weighted by Crippen LogP contribution is -2.20. The van der Waals surface area contributed by atoms with E-state index in [2.05, 4.69) is 10.3 Å². The first-order valence-electron chi connectivity index (χ1n) is 6.03. The van der Waals surface area contributed by atoms with Gasteiger partial charge in [-0.25, -0.2) is 4.98 Å². The molecule has 0 bridgehead atoms. The molecule has 0 radical (unpaired) electrons. The summed E-state index contributed by atoms with van der Waals surface area (Å²) in [5.41, 5.74) is 1.78. The number of hydrogen-bond acceptors (Lipinski definition) is 4. The van der Waals surface area contributed by atoms with Crippen LogP contribution in [0.1, 0.15) is 22.1 Å². The summed E-state index contributed by atoms with van der Waals surface area (Å²) in [6.07, 6.45) is 0. The zero-order valence-electron chi connectivity index (χ0n) is 10.9. The number of rotatable bonds is 5. The Morgan fingerprint density at radius 2 is 2.05 bits per heavy atom. The second kappa shape index (κ2) is 5.84. The molecule has 19 heavy (non-hydrogen) atoms. The number of aryl methyl sites for hydroxylation is 2. The van der Waals surface area contributed by atoms with Crippen molar-refractivity contribution in [2.45, 2.75) is 19.8 Å². The SMILES string of the molecule is Cc1nc(NCC(C(=O)O)c2ccccc2)sc1C. The average Bonchev–Trinajstić information content (AvgIpc) is 2.70. The zero-order chi connectivity index (χ0) is 13.8. The van der Waals surface area contributed by atoms with Gasteiger partial charge in [0.15, 0.2) is 5.13 Å². The van der Waals surface area contributed by atoms with Gasteiger partial charge in [-0.15, -0.1) is 11.3 Å². The summed E-state index contributed by atoms with van der Waals surface area (Å²) in [6, 6.07) is 9.24. The molecule has 0 spiro atoms. The number of carbonyl (C=O) groups is 1. The first kappa shape index (κ1) is 13.5. The number of anilines is 1. The van der Waals surface area contributed by atoms with Crippen LogP contribution in [0.4, 0.5) is 5.13 Å². The molecule has 0 aliphatic rings. The summed E-state index contributed by atoms with van der Waals surface area (Å²) < 4.78 is 0. The third-order valence-corrected chi connectivity index (χ3v) is 4.02. The van der Waals surface area contributed by atoms with Gasteiger partial charge in [-0.1, -0.05) is 30.3 Å². The van der Waals surface area contributed by atoms with Crippen molar-refractivity contribution in [2.24, 2.45) is 0 Å². The third-order valence-electron chi connectivity index (χ3n) is 2.99. The number of thiazole rings is 1. The quantitative estimate of drug-likeness (QED) is 0.881. The Morgan fingerprint density at radius 3 is 2.58 bits per heavy atom. The monoisotopic (exact) mass is 276 g/mol. The van der Waals surface area contributed by atoms with Crippen LogP contribution in [0.25, 0.3) is 0 Å². The maximum absolute atomic E-state index is 11.3. The Bertz CT molecular complexity index is 547. The summed E-state index contributed by atoms with van der Waals surface area (Å²) in [6.45, 7) is 4.29. The molecule has 0 saturated carbocycles. The number of hydrogen-bond donors (Lipinski definition) is 2. The lowest BCUT2D eigenvalue weighted by Gasteiger charge is -2.13. The smallest absolute Gasteiger partial charge is 0.312 e. The van der Waals surface area contributed by atoms with Crippen LogP contribution in [0.2, 0.25) is 0 Å². The number of nitrogens with zero attached hydrogens (tertiary/aromatic N) is 1. The lowest BCUT2D eigenvalue weighted by atomic mass is 9.99. The molecule has 5 heteroatoms. The van der Waals surface area contributed by atoms with Crippen LogP contribution in [0, 0.1) is 13.8 Å². The molecular formula is C14H16N2O2S. The molecule has 0 amide bonds. The van der Waals surface area contributed by atoms with E-state index in [9.17, 15) is 9.90 Å². The van der Waals surface area contributed by atoms with E-state index in [1.807, 2.05) is 44.2 Å². The van der Waals surface area contributed by atoms with Crippen molar-refractivity contribution in [3.8, 4) is 0 Å². The fraction of sp³-hybridized carbons (Fsp3) is 0.286. The van der Waals surface area contributed by atoms with Gasteiger partial charge in [0.25, 0.3) is 0 Å². The van der Waals surface area contributed by atoms with Crippen molar-refractivity contribution in [3.05, 3.63) is 46.5 Å². The van der Waals surface area contributed by atoms with Crippen LogP contribution < -0.4 is 5.32 Å². The van der Waals surface area contributed by atoms with E-state index in [1.165, 1.54) is 0 Å². The molecule has 0 saturated heterocycles. The first-order valence-corrected chi connectivity index (χ1v) is 6.85. The molecule has 0 aliphatic carbocycles. The van der Waals surface area contributed by atoms with Crippen molar-refractivity contribution in [3.63, 3.8) is 0 Å². The standard InChI is InChI=1S/C14H16N2O2S/c1-9-10(2)19-14(16-9)15-8-12(13(17)18)11-6-4-3-5-7-11/h3-7,12H,8H2,1-2H3,(H,15,16)(H,17,18). The minimum atomic E-state index is -0.830. The number of benzene rings is 1. The Labute approximate surface area is 116 Å². The van der Waals surface area contributed by atoms with E-state index >= 15 is 0 Å². The largest absolute Gasteiger partial charge is 0.481 e. The van der Waals surface area contributed by atoms with E-state index in [4.69, 9.17) is 0 Å². The zero-order valence-corrected chi connectivity index (χ0v) is 11.7. The van der Waals surface area contributed by atoms with E-state index in [0.29, 0.717) is 6.54 Å². The topological polar surface area (TPSA) is 62.2 Å². The number of carboxylic acids is 1. The average molecular weight is 276 g/mol. The molecule has 0 aliphatic heterocycles. The molecule has 1 aromatic heterocycles. The Hall–Kier alpha value is -1.88. The van der Waals surface area contributed by atoms with Gasteiger partial charge >= 0.3 is 5.97 Å². The van der Waals surface area contributed by atoms with E-state index < -0.39 is 11.9 Å². The van der Waals surface area contributed by atoms with Gasteiger partial charge < -0.3 is 10.4 Å². The second-order valence-corrected chi connectivity index (χ2v) is 5.55. The van der Waals surface area contributed by atoms with Crippen LogP contribution >= 0.6 is 11.3 Å². The molecule has 100 valence electrons. The molecule has 4 nitrogen and oxygen atoms in total. The number of carboxylic acid groups (broad SMARTS) is 1. The van der Waals surface area contributed by atoms with Crippen molar-refractivity contribution >= 4 is 22.4 Å². The van der Waals surface area contributed by atoms with Crippen LogP contribution in [-0.2, 0) is 4.79 Å². The van der Waals surface area contributed by atoms with Gasteiger partial charge in [0.1, 0.15) is 0 Å². The highest BCUT2D eigenvalue weighted by atomic mass is 32.1. The minimum Gasteiger partial charge on any atom is -0.481 e. The van der Waals surface area contributed by atoms with E-state index in [0.717, 1.165) is 21.3 Å². The first-order chi connectivity index (χ1) is 9.08. The molecule has 1 heterocycles. The van der Waals surface area contributed by atoms with Crippen molar-refractivity contribution in [1.29, 1.82) is 0 Å². The van der Waals surface area contributed by atoms with Crippen LogP contribution in [0.3, 0.4) is 0 Å². The summed E-state index contributed by atoms with van der Waals surface area (Å²) in [4.78, 5) is 16.8. The molecule has 2 rings (SSSR count). The summed E-state index contributed by atoms with van der Waals surface area (Å²) in [5, 5.41) is 13.2. The molecule has 2 aromatic rings. The third kappa shape index (κ3) is 3.32. The molecule has 1 atom stereocenters. The molecule has 2 N–H and O–H groups in total. The summed E-state index contributed by atoms with van der Waals surface area (Å²) >= 11 is 1.55. The molecular weight excluding hydrogens is 260 g/mol. The Balaban J connectivity index is 2.08. The van der Waals surface area contributed by atoms with Gasteiger partial charge in [-0.3, -0.25) is 4.79 Å². The van der Waals surface area contributed by atoms with Crippen LogP contribution in [0.5, 0.6) is 0 Å². The predicted molar refractivity (Wildman–Crippen MR) is 76.9 cm³/mol. The summed E-state index contributed by atoms with van der Waals surface area (Å²) in [7, 11) is 0. The van der Waals surface area contributed by atoms with Gasteiger partial charge in [0.05, 0.1) is 11.6 Å². The van der Waals surface area contributed by atoms with Gasteiger partial charge in [0.2, 0.25) is 0 Å². The summed E-state index contributed by atoms with van der Waals surface area (Å²) in [5.74, 6) is -1.39. The fourth-order valence-corrected chi connectivity index (χ4v) is 2.59. The van der Waals surface area contributed by atoms with Crippen LogP contribution in [0.15, 0.2) is 30.3 Å². The fourth-order valence-electron chi connectivity index (χ4n) is 1.77. The molecule has 1 aromatic carbocycles. The van der Waals surface area contributed by atoms with Crippen molar-refractivity contribution in [2.75, 3.05) is 11.9 Å². The Morgan fingerprint density at radius 1 is 1.37 bits per heavy atom. The van der Waals surface area contributed by atoms with Crippen molar-refractivity contribution in [1.82, 2.24) is 4.98 Å². The maximum Gasteiger partial charge on any atom is 0.312 e. The molecule has 0 fully saturated rings. The highest BCUT2D eigenvalue weighted by Gasteiger charge is 2.19. The van der Waals surface area contributed by atoms with Crippen molar-refractivity contribution < 1.29 is 9.90 Å². The van der Waals surface area contributed by atoms with Crippen LogP contribution in [-0.4, -0.2) is 22.6 Å². The number of nitrogens with one attached hydrogen (secondary N) is 1. The normalized spacial score (nSPS) is 12.1. The molecule has 1 unspecified atom stereocenters. The van der Waals surface area contributed by atoms with Gasteiger partial charge in [-0.2, -0.15) is 0 Å². The maximum atomic E-state index is 11.3. The predicted octanol–water partition coefficient (Wildman–Crippen LogP) is 3.04. The van der Waals surface area contributed by atoms with E-state index in [1.54, 1.807) is 11.3 Å².